The van der Waals surface area contributed by atoms with Crippen LogP contribution in [0.4, 0.5) is 0 Å². The normalized spacial score (nSPS) is 20.0. The van der Waals surface area contributed by atoms with Crippen LogP contribution in [0.3, 0.4) is 0 Å². The first-order valence-electron chi connectivity index (χ1n) is 10.5. The number of carbonyl (C=O) groups is 3. The van der Waals surface area contributed by atoms with Crippen LogP contribution in [-0.4, -0.2) is 46.5 Å². The van der Waals surface area contributed by atoms with Gasteiger partial charge >= 0.3 is 11.9 Å². The van der Waals surface area contributed by atoms with Gasteiger partial charge < -0.3 is 15.2 Å². The summed E-state index contributed by atoms with van der Waals surface area (Å²) in [6.07, 6.45) is 2.69. The highest BCUT2D eigenvalue weighted by atomic mass is 32.2. The number of allylic oxidation sites excluding steroid dienone is 1. The lowest BCUT2D eigenvalue weighted by atomic mass is 10.0. The molecular weight excluding hydrogens is 440 g/mol. The van der Waals surface area contributed by atoms with Gasteiger partial charge in [-0.05, 0) is 22.8 Å². The van der Waals surface area contributed by atoms with E-state index < -0.39 is 24.1 Å². The van der Waals surface area contributed by atoms with Crippen molar-refractivity contribution in [2.24, 2.45) is 5.73 Å². The summed E-state index contributed by atoms with van der Waals surface area (Å²) >= 11 is 1.49. The minimum atomic E-state index is -0.650. The Balaban J connectivity index is 1.66. The predicted octanol–water partition coefficient (Wildman–Crippen LogP) is 2.94. The first-order valence-corrected chi connectivity index (χ1v) is 11.6. The Hall–Kier alpha value is -3.36. The highest BCUT2D eigenvalue weighted by molar-refractivity contribution is 8.00. The summed E-state index contributed by atoms with van der Waals surface area (Å²) in [5.41, 5.74) is 8.40. The van der Waals surface area contributed by atoms with Crippen molar-refractivity contribution in [2.45, 2.75) is 24.4 Å². The minimum Gasteiger partial charge on any atom is -0.462 e. The van der Waals surface area contributed by atoms with Crippen molar-refractivity contribution < 1.29 is 23.9 Å². The van der Waals surface area contributed by atoms with Gasteiger partial charge in [-0.25, -0.2) is 4.79 Å². The lowest BCUT2D eigenvalue weighted by Gasteiger charge is -2.48. The van der Waals surface area contributed by atoms with Crippen molar-refractivity contribution >= 4 is 29.6 Å². The van der Waals surface area contributed by atoms with E-state index in [9.17, 15) is 14.4 Å². The van der Waals surface area contributed by atoms with E-state index in [0.717, 1.165) is 11.1 Å². The van der Waals surface area contributed by atoms with Gasteiger partial charge in [0.25, 0.3) is 0 Å². The molecule has 33 heavy (non-hydrogen) atoms. The first kappa shape index (κ1) is 22.8. The molecular formula is C25H24N2O5S. The third-order valence-electron chi connectivity index (χ3n) is 5.36. The number of esters is 2. The molecule has 7 nitrogen and oxygen atoms in total. The Bertz CT molecular complexity index is 1060. The van der Waals surface area contributed by atoms with E-state index in [4.69, 9.17) is 15.2 Å². The maximum absolute atomic E-state index is 13.5. The molecule has 2 aromatic carbocycles. The number of nitrogens with zero attached hydrogens (tertiary/aromatic N) is 1. The molecule has 0 unspecified atom stereocenters. The number of rotatable bonds is 7. The van der Waals surface area contributed by atoms with Gasteiger partial charge in [0, 0.05) is 12.7 Å². The fourth-order valence-corrected chi connectivity index (χ4v) is 5.03. The van der Waals surface area contributed by atoms with Crippen molar-refractivity contribution in [1.82, 2.24) is 4.90 Å². The summed E-state index contributed by atoms with van der Waals surface area (Å²) in [7, 11) is 0. The quantitative estimate of drug-likeness (QED) is 0.497. The van der Waals surface area contributed by atoms with Crippen molar-refractivity contribution in [3.05, 3.63) is 95.2 Å². The number of hydrogen-bond donors (Lipinski definition) is 1. The third-order valence-corrected chi connectivity index (χ3v) is 6.69. The SMILES string of the molecule is CC(=O)OC/C=C\C1=C(C(=O)OC(c2ccccc2)c2ccccc2)N2C(=O)[C@@H](N)[C@H]2SC1. The number of carbonyl (C=O) groups excluding carboxylic acids is 3. The van der Waals surface area contributed by atoms with Crippen LogP contribution in [0.5, 0.6) is 0 Å². The molecule has 2 heterocycles. The summed E-state index contributed by atoms with van der Waals surface area (Å²) in [6, 6.07) is 18.2. The molecule has 1 saturated heterocycles. The zero-order chi connectivity index (χ0) is 23.4. The average Bonchev–Trinajstić information content (AvgIpc) is 2.85. The second-order valence-corrected chi connectivity index (χ2v) is 8.73. The van der Waals surface area contributed by atoms with Crippen molar-refractivity contribution in [1.29, 1.82) is 0 Å². The minimum absolute atomic E-state index is 0.0688. The molecule has 0 aromatic heterocycles. The fraction of sp³-hybridized carbons (Fsp3) is 0.240. The highest BCUT2D eigenvalue weighted by Crippen LogP contribution is 2.41. The average molecular weight is 465 g/mol. The van der Waals surface area contributed by atoms with Crippen LogP contribution in [0, 0.1) is 0 Å². The molecule has 2 aromatic rings. The number of hydrogen-bond acceptors (Lipinski definition) is 7. The molecule has 8 heteroatoms. The second kappa shape index (κ2) is 10.1. The Morgan fingerprint density at radius 1 is 1.12 bits per heavy atom. The van der Waals surface area contributed by atoms with E-state index in [-0.39, 0.29) is 23.6 Å². The number of amides is 1. The van der Waals surface area contributed by atoms with Gasteiger partial charge in [0.05, 0.1) is 0 Å². The van der Waals surface area contributed by atoms with E-state index in [1.54, 1.807) is 12.2 Å². The van der Waals surface area contributed by atoms with Crippen molar-refractivity contribution in [3.8, 4) is 0 Å². The van der Waals surface area contributed by atoms with Crippen LogP contribution in [0.15, 0.2) is 84.1 Å². The number of β-lactam (4-membered cyclic amide) rings is 1. The first-order chi connectivity index (χ1) is 16.0. The standard InChI is InChI=1S/C25H24N2O5S/c1-16(28)31-14-8-13-19-15-33-24-20(26)23(29)27(24)21(19)25(30)32-22(17-9-4-2-5-10-17)18-11-6-3-7-12-18/h2-13,20,22,24H,14-15,26H2,1H3/b13-8-/t20-,24-/m1/s1. The molecule has 0 saturated carbocycles. The summed E-state index contributed by atoms with van der Waals surface area (Å²) in [6.45, 7) is 1.39. The number of fused-ring (bicyclic) bond motifs is 1. The van der Waals surface area contributed by atoms with Crippen LogP contribution in [0.1, 0.15) is 24.2 Å². The topological polar surface area (TPSA) is 98.9 Å². The molecule has 1 amide bonds. The van der Waals surface area contributed by atoms with Crippen molar-refractivity contribution in [3.63, 3.8) is 0 Å². The molecule has 2 N–H and O–H groups in total. The molecule has 2 aliphatic heterocycles. The van der Waals surface area contributed by atoms with E-state index in [1.807, 2.05) is 60.7 Å². The molecule has 0 radical (unpaired) electrons. The zero-order valence-electron chi connectivity index (χ0n) is 18.0. The van der Waals surface area contributed by atoms with Crippen molar-refractivity contribution in [2.75, 3.05) is 12.4 Å². The van der Waals surface area contributed by atoms with Gasteiger partial charge in [-0.15, -0.1) is 11.8 Å². The van der Waals surface area contributed by atoms with Gasteiger partial charge in [-0.2, -0.15) is 0 Å². The summed E-state index contributed by atoms with van der Waals surface area (Å²) in [5, 5.41) is -0.308. The van der Waals surface area contributed by atoms with Gasteiger partial charge in [0.15, 0.2) is 6.10 Å². The third kappa shape index (κ3) is 4.86. The monoisotopic (exact) mass is 464 g/mol. The molecule has 2 atom stereocenters. The fourth-order valence-electron chi connectivity index (χ4n) is 3.76. The largest absolute Gasteiger partial charge is 0.462 e. The summed E-state index contributed by atoms with van der Waals surface area (Å²) < 4.78 is 11.0. The summed E-state index contributed by atoms with van der Waals surface area (Å²) in [5.74, 6) is -0.847. The van der Waals surface area contributed by atoms with Crippen LogP contribution < -0.4 is 5.73 Å². The van der Waals surface area contributed by atoms with Crippen LogP contribution in [0.25, 0.3) is 0 Å². The molecule has 2 aliphatic rings. The van der Waals surface area contributed by atoms with E-state index in [1.165, 1.54) is 23.6 Å². The number of thioether (sulfide) groups is 1. The molecule has 170 valence electrons. The molecule has 4 rings (SSSR count). The van der Waals surface area contributed by atoms with Crippen LogP contribution in [-0.2, 0) is 23.9 Å². The Labute approximate surface area is 196 Å². The Morgan fingerprint density at radius 3 is 2.30 bits per heavy atom. The van der Waals surface area contributed by atoms with Crippen LogP contribution >= 0.6 is 11.8 Å². The van der Waals surface area contributed by atoms with E-state index in [0.29, 0.717) is 11.3 Å². The van der Waals surface area contributed by atoms with Gasteiger partial charge in [0.2, 0.25) is 5.91 Å². The molecule has 0 aliphatic carbocycles. The predicted molar refractivity (Wildman–Crippen MR) is 125 cm³/mol. The number of ether oxygens (including phenoxy) is 2. The molecule has 0 bridgehead atoms. The Kier molecular flexibility index (Phi) is 6.96. The molecule has 1 fully saturated rings. The van der Waals surface area contributed by atoms with E-state index >= 15 is 0 Å². The van der Waals surface area contributed by atoms with E-state index in [2.05, 4.69) is 0 Å². The maximum atomic E-state index is 13.5. The number of benzene rings is 2. The van der Waals surface area contributed by atoms with Crippen LogP contribution in [0.2, 0.25) is 0 Å². The smallest absolute Gasteiger partial charge is 0.356 e. The zero-order valence-corrected chi connectivity index (χ0v) is 18.9. The van der Waals surface area contributed by atoms with Gasteiger partial charge in [0.1, 0.15) is 23.7 Å². The lowest BCUT2D eigenvalue weighted by molar-refractivity contribution is -0.153. The van der Waals surface area contributed by atoms with Gasteiger partial charge in [-0.3, -0.25) is 14.5 Å². The summed E-state index contributed by atoms with van der Waals surface area (Å²) in [4.78, 5) is 38.5. The lowest BCUT2D eigenvalue weighted by Crippen LogP contribution is -2.68. The molecule has 0 spiro atoms. The second-order valence-electron chi connectivity index (χ2n) is 7.62. The number of nitrogens with two attached hydrogens (primary N) is 1. The highest BCUT2D eigenvalue weighted by Gasteiger charge is 2.52. The Morgan fingerprint density at radius 2 is 1.73 bits per heavy atom. The van der Waals surface area contributed by atoms with Gasteiger partial charge in [-0.1, -0.05) is 66.7 Å². The maximum Gasteiger partial charge on any atom is 0.356 e.